The minimum absolute atomic E-state index is 0.0324. The van der Waals surface area contributed by atoms with Crippen LogP contribution in [0.15, 0.2) is 30.3 Å². The fourth-order valence-electron chi connectivity index (χ4n) is 2.94. The van der Waals surface area contributed by atoms with Crippen molar-refractivity contribution in [2.75, 3.05) is 0 Å². The van der Waals surface area contributed by atoms with E-state index in [1.165, 1.54) is 4.90 Å². The van der Waals surface area contributed by atoms with E-state index in [1.54, 1.807) is 0 Å². The van der Waals surface area contributed by atoms with Crippen molar-refractivity contribution in [1.29, 1.82) is 0 Å². The minimum Gasteiger partial charge on any atom is -0.480 e. The van der Waals surface area contributed by atoms with E-state index < -0.39 is 18.1 Å². The van der Waals surface area contributed by atoms with Crippen molar-refractivity contribution >= 4 is 12.1 Å². The first kappa shape index (κ1) is 14.9. The summed E-state index contributed by atoms with van der Waals surface area (Å²) in [7, 11) is 0. The van der Waals surface area contributed by atoms with Gasteiger partial charge in [-0.3, -0.25) is 4.90 Å². The number of carbonyl (C=O) groups is 2. The van der Waals surface area contributed by atoms with Crippen LogP contribution in [0.2, 0.25) is 0 Å². The molecule has 0 heterocycles. The van der Waals surface area contributed by atoms with Crippen LogP contribution < -0.4 is 0 Å². The molecule has 0 aliphatic heterocycles. The molecule has 2 aliphatic carbocycles. The van der Waals surface area contributed by atoms with Crippen molar-refractivity contribution in [1.82, 2.24) is 4.90 Å². The van der Waals surface area contributed by atoms with Crippen molar-refractivity contribution in [3.63, 3.8) is 0 Å². The predicted molar refractivity (Wildman–Crippen MR) is 80.3 cm³/mol. The molecule has 1 unspecified atom stereocenters. The maximum atomic E-state index is 12.4. The van der Waals surface area contributed by atoms with E-state index >= 15 is 0 Å². The lowest BCUT2D eigenvalue weighted by Gasteiger charge is -2.38. The summed E-state index contributed by atoms with van der Waals surface area (Å²) in [6, 6.07) is 8.74. The zero-order valence-electron chi connectivity index (χ0n) is 12.5. The molecule has 3 rings (SSSR count). The predicted octanol–water partition coefficient (Wildman–Crippen LogP) is 3.04. The average Bonchev–Trinajstić information content (AvgIpc) is 3.28. The second kappa shape index (κ2) is 6.38. The van der Waals surface area contributed by atoms with Crippen LogP contribution in [0.5, 0.6) is 0 Å². The zero-order chi connectivity index (χ0) is 15.5. The molecule has 0 spiro atoms. The highest BCUT2D eigenvalue weighted by Crippen LogP contribution is 2.38. The summed E-state index contributed by atoms with van der Waals surface area (Å²) >= 11 is 0. The molecule has 2 aliphatic rings. The Morgan fingerprint density at radius 1 is 1.18 bits per heavy atom. The van der Waals surface area contributed by atoms with Crippen molar-refractivity contribution in [3.05, 3.63) is 35.9 Å². The Morgan fingerprint density at radius 3 is 2.36 bits per heavy atom. The summed E-state index contributed by atoms with van der Waals surface area (Å²) in [5, 5.41) is 9.54. The maximum absolute atomic E-state index is 12.4. The zero-order valence-corrected chi connectivity index (χ0v) is 12.5. The smallest absolute Gasteiger partial charge is 0.411 e. The van der Waals surface area contributed by atoms with E-state index in [1.807, 2.05) is 30.3 Å². The molecule has 1 amide bonds. The third-order valence-corrected chi connectivity index (χ3v) is 4.51. The largest absolute Gasteiger partial charge is 0.480 e. The van der Waals surface area contributed by atoms with Gasteiger partial charge in [0.2, 0.25) is 0 Å². The van der Waals surface area contributed by atoms with E-state index in [-0.39, 0.29) is 18.6 Å². The third-order valence-electron chi connectivity index (χ3n) is 4.51. The molecule has 2 saturated carbocycles. The van der Waals surface area contributed by atoms with Crippen LogP contribution in [-0.2, 0) is 16.1 Å². The van der Waals surface area contributed by atoms with Crippen LogP contribution in [0.25, 0.3) is 0 Å². The van der Waals surface area contributed by atoms with Crippen LogP contribution in [0.1, 0.15) is 37.7 Å². The molecule has 22 heavy (non-hydrogen) atoms. The van der Waals surface area contributed by atoms with Crippen LogP contribution in [-0.4, -0.2) is 34.2 Å². The summed E-state index contributed by atoms with van der Waals surface area (Å²) in [4.78, 5) is 25.5. The van der Waals surface area contributed by atoms with Gasteiger partial charge in [-0.15, -0.1) is 0 Å². The fourth-order valence-corrected chi connectivity index (χ4v) is 2.94. The Balaban J connectivity index is 1.67. The monoisotopic (exact) mass is 303 g/mol. The summed E-state index contributed by atoms with van der Waals surface area (Å²) in [5.74, 6) is -0.837. The summed E-state index contributed by atoms with van der Waals surface area (Å²) < 4.78 is 5.37. The van der Waals surface area contributed by atoms with Crippen LogP contribution >= 0.6 is 0 Å². The van der Waals surface area contributed by atoms with E-state index in [0.29, 0.717) is 0 Å². The van der Waals surface area contributed by atoms with Gasteiger partial charge >= 0.3 is 12.1 Å². The highest BCUT2D eigenvalue weighted by Gasteiger charge is 2.46. The second-order valence-electron chi connectivity index (χ2n) is 6.15. The van der Waals surface area contributed by atoms with Gasteiger partial charge in [-0.25, -0.2) is 9.59 Å². The Kier molecular flexibility index (Phi) is 4.32. The first-order valence-electron chi connectivity index (χ1n) is 7.88. The number of carbonyl (C=O) groups excluding carboxylic acids is 1. The van der Waals surface area contributed by atoms with E-state index in [4.69, 9.17) is 4.74 Å². The molecule has 1 N–H and O–H groups in total. The van der Waals surface area contributed by atoms with E-state index in [0.717, 1.165) is 37.7 Å². The summed E-state index contributed by atoms with van der Waals surface area (Å²) in [5.41, 5.74) is 0.905. The number of amides is 1. The lowest BCUT2D eigenvalue weighted by atomic mass is 9.79. The van der Waals surface area contributed by atoms with Crippen LogP contribution in [0.4, 0.5) is 4.79 Å². The quantitative estimate of drug-likeness (QED) is 0.877. The first-order chi connectivity index (χ1) is 10.7. The molecule has 1 atom stereocenters. The Hall–Kier alpha value is -2.04. The maximum Gasteiger partial charge on any atom is 0.411 e. The number of rotatable bonds is 6. The van der Waals surface area contributed by atoms with Crippen molar-refractivity contribution in [2.24, 2.45) is 5.92 Å². The number of aliphatic carboxylic acids is 1. The highest BCUT2D eigenvalue weighted by molar-refractivity contribution is 5.81. The SMILES string of the molecule is O=C(O)C(C1CCC1)N(C(=O)OCc1ccccc1)C1CC1. The molecule has 1 aromatic carbocycles. The molecule has 5 nitrogen and oxygen atoms in total. The lowest BCUT2D eigenvalue weighted by molar-refractivity contribution is -0.146. The van der Waals surface area contributed by atoms with Crippen molar-refractivity contribution in [2.45, 2.75) is 50.8 Å². The number of nitrogens with zero attached hydrogens (tertiary/aromatic N) is 1. The number of hydrogen-bond acceptors (Lipinski definition) is 3. The molecule has 2 fully saturated rings. The molecule has 0 bridgehead atoms. The molecule has 0 aromatic heterocycles. The molecular weight excluding hydrogens is 282 g/mol. The van der Waals surface area contributed by atoms with Gasteiger partial charge in [0, 0.05) is 6.04 Å². The average molecular weight is 303 g/mol. The third kappa shape index (κ3) is 3.24. The van der Waals surface area contributed by atoms with Crippen molar-refractivity contribution in [3.8, 4) is 0 Å². The van der Waals surface area contributed by atoms with Gasteiger partial charge in [0.25, 0.3) is 0 Å². The highest BCUT2D eigenvalue weighted by atomic mass is 16.6. The van der Waals surface area contributed by atoms with Crippen LogP contribution in [0.3, 0.4) is 0 Å². The normalized spacial score (nSPS) is 19.1. The molecule has 0 radical (unpaired) electrons. The van der Waals surface area contributed by atoms with Gasteiger partial charge in [0.05, 0.1) is 0 Å². The van der Waals surface area contributed by atoms with E-state index in [9.17, 15) is 14.7 Å². The minimum atomic E-state index is -0.909. The molecular formula is C17H21NO4. The van der Waals surface area contributed by atoms with E-state index in [2.05, 4.69) is 0 Å². The number of benzene rings is 1. The first-order valence-corrected chi connectivity index (χ1v) is 7.88. The number of hydrogen-bond donors (Lipinski definition) is 1. The number of ether oxygens (including phenoxy) is 1. The van der Waals surface area contributed by atoms with Crippen LogP contribution in [0, 0.1) is 5.92 Å². The standard InChI is InChI=1S/C17H21NO4/c19-16(20)15(13-7-4-8-13)18(14-9-10-14)17(21)22-11-12-5-2-1-3-6-12/h1-3,5-6,13-15H,4,7-11H2,(H,19,20). The number of carboxylic acid groups (broad SMARTS) is 1. The van der Waals surface area contributed by atoms with Gasteiger partial charge in [-0.2, -0.15) is 0 Å². The van der Waals surface area contributed by atoms with Gasteiger partial charge in [-0.1, -0.05) is 36.8 Å². The van der Waals surface area contributed by atoms with Gasteiger partial charge < -0.3 is 9.84 Å². The fraction of sp³-hybridized carbons (Fsp3) is 0.529. The second-order valence-corrected chi connectivity index (χ2v) is 6.15. The summed E-state index contributed by atoms with van der Waals surface area (Å²) in [6.45, 7) is 0.180. The van der Waals surface area contributed by atoms with Gasteiger partial charge in [0.1, 0.15) is 12.6 Å². The van der Waals surface area contributed by atoms with Gasteiger partial charge in [-0.05, 0) is 37.2 Å². The molecule has 1 aromatic rings. The Labute approximate surface area is 129 Å². The Morgan fingerprint density at radius 2 is 1.86 bits per heavy atom. The molecule has 5 heteroatoms. The molecule has 0 saturated heterocycles. The Bertz CT molecular complexity index is 537. The molecule has 118 valence electrons. The number of carboxylic acids is 1. The van der Waals surface area contributed by atoms with Crippen molar-refractivity contribution < 1.29 is 19.4 Å². The van der Waals surface area contributed by atoms with Gasteiger partial charge in [0.15, 0.2) is 0 Å². The lowest BCUT2D eigenvalue weighted by Crippen LogP contribution is -2.52. The summed E-state index contributed by atoms with van der Waals surface area (Å²) in [6.07, 6.45) is 4.06. The topological polar surface area (TPSA) is 66.8 Å².